The number of rotatable bonds is 8. The van der Waals surface area contributed by atoms with E-state index in [1.165, 1.54) is 26.4 Å². The van der Waals surface area contributed by atoms with Gasteiger partial charge in [-0.05, 0) is 37.8 Å². The van der Waals surface area contributed by atoms with Crippen LogP contribution in [0.15, 0.2) is 24.3 Å². The van der Waals surface area contributed by atoms with Crippen molar-refractivity contribution in [2.24, 2.45) is 5.92 Å². The Morgan fingerprint density at radius 2 is 2.08 bits per heavy atom. The van der Waals surface area contributed by atoms with Crippen LogP contribution in [0.25, 0.3) is 6.08 Å². The first-order valence-electron chi connectivity index (χ1n) is 8.21. The molecule has 1 aromatic carbocycles. The van der Waals surface area contributed by atoms with Crippen molar-refractivity contribution >= 4 is 18.0 Å². The number of hydrogen-bond donors (Lipinski definition) is 1. The molecule has 0 spiro atoms. The number of amides is 1. The van der Waals surface area contributed by atoms with Crippen molar-refractivity contribution in [2.75, 3.05) is 20.8 Å². The van der Waals surface area contributed by atoms with Gasteiger partial charge in [-0.2, -0.15) is 5.26 Å². The maximum atomic E-state index is 11.9. The number of methoxy groups -OCH3 is 2. The number of ether oxygens (including phenoxy) is 3. The quantitative estimate of drug-likeness (QED) is 0.564. The SMILES string of the molecule is COc1cccc(/C=C/C(=O)OCC(=O)N[C@](C)(C#N)C2CC2)c1OC. The van der Waals surface area contributed by atoms with Gasteiger partial charge in [0.1, 0.15) is 5.54 Å². The van der Waals surface area contributed by atoms with Crippen LogP contribution in [0.5, 0.6) is 11.5 Å². The van der Waals surface area contributed by atoms with Crippen molar-refractivity contribution in [3.05, 3.63) is 29.8 Å². The van der Waals surface area contributed by atoms with Gasteiger partial charge in [0.15, 0.2) is 18.1 Å². The number of para-hydroxylation sites is 1. The van der Waals surface area contributed by atoms with Crippen molar-refractivity contribution in [1.29, 1.82) is 5.26 Å². The lowest BCUT2D eigenvalue weighted by atomic mass is 9.98. The second-order valence-electron chi connectivity index (χ2n) is 6.16. The number of esters is 1. The number of benzene rings is 1. The minimum atomic E-state index is -0.909. The monoisotopic (exact) mass is 358 g/mol. The van der Waals surface area contributed by atoms with Crippen LogP contribution in [-0.4, -0.2) is 38.2 Å². The molecule has 0 saturated heterocycles. The molecule has 0 aliphatic heterocycles. The molecule has 0 bridgehead atoms. The molecule has 1 amide bonds. The third kappa shape index (κ3) is 4.76. The maximum absolute atomic E-state index is 11.9. The van der Waals surface area contributed by atoms with Gasteiger partial charge < -0.3 is 19.5 Å². The summed E-state index contributed by atoms with van der Waals surface area (Å²) in [6.07, 6.45) is 4.55. The Hall–Kier alpha value is -3.01. The van der Waals surface area contributed by atoms with Crippen LogP contribution >= 0.6 is 0 Å². The lowest BCUT2D eigenvalue weighted by molar-refractivity contribution is -0.144. The molecule has 26 heavy (non-hydrogen) atoms. The fourth-order valence-corrected chi connectivity index (χ4v) is 2.59. The molecule has 1 N–H and O–H groups in total. The van der Waals surface area contributed by atoms with Gasteiger partial charge in [0.2, 0.25) is 0 Å². The van der Waals surface area contributed by atoms with E-state index in [1.54, 1.807) is 25.1 Å². The molecule has 1 aliphatic carbocycles. The van der Waals surface area contributed by atoms with Gasteiger partial charge in [-0.15, -0.1) is 0 Å². The first kappa shape index (κ1) is 19.3. The number of carbonyl (C=O) groups is 2. The molecule has 0 unspecified atom stereocenters. The highest BCUT2D eigenvalue weighted by molar-refractivity contribution is 5.90. The van der Waals surface area contributed by atoms with Gasteiger partial charge in [0, 0.05) is 11.6 Å². The average Bonchev–Trinajstić information content (AvgIpc) is 3.49. The third-order valence-electron chi connectivity index (χ3n) is 4.20. The third-order valence-corrected chi connectivity index (χ3v) is 4.20. The number of nitrogens with zero attached hydrogens (tertiary/aromatic N) is 1. The van der Waals surface area contributed by atoms with Crippen LogP contribution in [0, 0.1) is 17.2 Å². The highest BCUT2D eigenvalue weighted by atomic mass is 16.5. The molecule has 1 saturated carbocycles. The Labute approximate surface area is 152 Å². The van der Waals surface area contributed by atoms with E-state index in [9.17, 15) is 14.9 Å². The molecule has 0 heterocycles. The fourth-order valence-electron chi connectivity index (χ4n) is 2.59. The van der Waals surface area contributed by atoms with Crippen LogP contribution in [0.3, 0.4) is 0 Å². The van der Waals surface area contributed by atoms with E-state index < -0.39 is 24.0 Å². The Bertz CT molecular complexity index is 749. The van der Waals surface area contributed by atoms with Crippen LogP contribution in [-0.2, 0) is 14.3 Å². The largest absolute Gasteiger partial charge is 0.493 e. The minimum absolute atomic E-state index is 0.160. The Morgan fingerprint density at radius 1 is 1.35 bits per heavy atom. The zero-order valence-electron chi connectivity index (χ0n) is 15.1. The summed E-state index contributed by atoms with van der Waals surface area (Å²) in [5.74, 6) is 0.0219. The van der Waals surface area contributed by atoms with Gasteiger partial charge in [0.05, 0.1) is 20.3 Å². The van der Waals surface area contributed by atoms with Gasteiger partial charge in [-0.3, -0.25) is 4.79 Å². The topological polar surface area (TPSA) is 97.6 Å². The van der Waals surface area contributed by atoms with Crippen molar-refractivity contribution in [3.8, 4) is 17.6 Å². The fraction of sp³-hybridized carbons (Fsp3) is 0.421. The molecular formula is C19H22N2O5. The van der Waals surface area contributed by atoms with E-state index in [2.05, 4.69) is 11.4 Å². The van der Waals surface area contributed by atoms with E-state index in [0.29, 0.717) is 17.1 Å². The summed E-state index contributed by atoms with van der Waals surface area (Å²) in [7, 11) is 3.03. The van der Waals surface area contributed by atoms with Gasteiger partial charge in [-0.1, -0.05) is 12.1 Å². The van der Waals surface area contributed by atoms with Gasteiger partial charge in [0.25, 0.3) is 5.91 Å². The van der Waals surface area contributed by atoms with Gasteiger partial charge in [-0.25, -0.2) is 4.79 Å². The lowest BCUT2D eigenvalue weighted by Crippen LogP contribution is -2.48. The van der Waals surface area contributed by atoms with E-state index in [4.69, 9.17) is 14.2 Å². The summed E-state index contributed by atoms with van der Waals surface area (Å²) < 4.78 is 15.4. The normalized spacial score (nSPS) is 15.6. The number of carbonyl (C=O) groups excluding carboxylic acids is 2. The highest BCUT2D eigenvalue weighted by Crippen LogP contribution is 2.39. The molecule has 1 atom stereocenters. The smallest absolute Gasteiger partial charge is 0.331 e. The Morgan fingerprint density at radius 3 is 2.65 bits per heavy atom. The predicted molar refractivity (Wildman–Crippen MR) is 94.4 cm³/mol. The molecule has 7 heteroatoms. The molecule has 138 valence electrons. The molecule has 1 aromatic rings. The second kappa shape index (κ2) is 8.39. The summed E-state index contributed by atoms with van der Waals surface area (Å²) in [6.45, 7) is 1.24. The molecule has 0 aromatic heterocycles. The summed E-state index contributed by atoms with van der Waals surface area (Å²) in [5, 5.41) is 11.8. The molecule has 7 nitrogen and oxygen atoms in total. The average molecular weight is 358 g/mol. The van der Waals surface area contributed by atoms with Crippen LogP contribution in [0.2, 0.25) is 0 Å². The molecular weight excluding hydrogens is 336 g/mol. The zero-order chi connectivity index (χ0) is 19.2. The van der Waals surface area contributed by atoms with Crippen LogP contribution in [0.1, 0.15) is 25.3 Å². The standard InChI is InChI=1S/C19H22N2O5/c1-19(12-20,14-8-9-14)21-16(22)11-26-17(23)10-7-13-5-4-6-15(24-2)18(13)25-3/h4-7,10,14H,8-9,11H2,1-3H3,(H,21,22)/b10-7+/t19-/m1/s1. The van der Waals surface area contributed by atoms with Crippen LogP contribution < -0.4 is 14.8 Å². The Balaban J connectivity index is 1.90. The van der Waals surface area contributed by atoms with Crippen molar-refractivity contribution < 1.29 is 23.8 Å². The van der Waals surface area contributed by atoms with E-state index >= 15 is 0 Å². The van der Waals surface area contributed by atoms with Crippen molar-refractivity contribution in [2.45, 2.75) is 25.3 Å². The zero-order valence-corrected chi connectivity index (χ0v) is 15.1. The molecule has 1 aliphatic rings. The van der Waals surface area contributed by atoms with E-state index in [0.717, 1.165) is 12.8 Å². The highest BCUT2D eigenvalue weighted by Gasteiger charge is 2.43. The first-order valence-corrected chi connectivity index (χ1v) is 8.21. The maximum Gasteiger partial charge on any atom is 0.331 e. The van der Waals surface area contributed by atoms with E-state index in [1.807, 2.05) is 0 Å². The summed E-state index contributed by atoms with van der Waals surface area (Å²) in [4.78, 5) is 23.7. The summed E-state index contributed by atoms with van der Waals surface area (Å²) >= 11 is 0. The molecule has 1 fully saturated rings. The predicted octanol–water partition coefficient (Wildman–Crippen LogP) is 2.07. The number of nitrogens with one attached hydrogen (secondary N) is 1. The van der Waals surface area contributed by atoms with Crippen molar-refractivity contribution in [3.63, 3.8) is 0 Å². The van der Waals surface area contributed by atoms with Crippen molar-refractivity contribution in [1.82, 2.24) is 5.32 Å². The summed E-state index contributed by atoms with van der Waals surface area (Å²) in [5.41, 5.74) is -0.271. The lowest BCUT2D eigenvalue weighted by Gasteiger charge is -2.22. The second-order valence-corrected chi connectivity index (χ2v) is 6.16. The Kier molecular flexibility index (Phi) is 6.23. The number of hydrogen-bond acceptors (Lipinski definition) is 6. The number of nitriles is 1. The van der Waals surface area contributed by atoms with Gasteiger partial charge >= 0.3 is 5.97 Å². The molecule has 0 radical (unpaired) electrons. The summed E-state index contributed by atoms with van der Waals surface area (Å²) in [6, 6.07) is 7.38. The van der Waals surface area contributed by atoms with E-state index in [-0.39, 0.29) is 5.92 Å². The molecule has 2 rings (SSSR count). The van der Waals surface area contributed by atoms with Crippen LogP contribution in [0.4, 0.5) is 0 Å². The first-order chi connectivity index (χ1) is 12.4. The minimum Gasteiger partial charge on any atom is -0.493 e.